The fourth-order valence-electron chi connectivity index (χ4n) is 2.80. The fourth-order valence-corrected chi connectivity index (χ4v) is 2.80. The maximum atomic E-state index is 13.0. The van der Waals surface area contributed by atoms with Crippen LogP contribution in [0.25, 0.3) is 5.82 Å². The number of nitrogens with zero attached hydrogens (tertiary/aromatic N) is 6. The van der Waals surface area contributed by atoms with Crippen LogP contribution in [0.1, 0.15) is 23.3 Å². The first-order chi connectivity index (χ1) is 12.1. The fraction of sp³-hybridized carbons (Fsp3) is 0.529. The van der Waals surface area contributed by atoms with Gasteiger partial charge in [-0.05, 0) is 39.1 Å². The van der Waals surface area contributed by atoms with Crippen molar-refractivity contribution in [2.24, 2.45) is 0 Å². The van der Waals surface area contributed by atoms with Crippen molar-refractivity contribution in [3.8, 4) is 5.82 Å². The Bertz CT molecular complexity index is 682. The smallest absolute Gasteiger partial charge is 0.272 e. The zero-order chi connectivity index (χ0) is 17.6. The third-order valence-corrected chi connectivity index (χ3v) is 4.19. The van der Waals surface area contributed by atoms with Crippen molar-refractivity contribution < 1.29 is 9.53 Å². The van der Waals surface area contributed by atoms with Gasteiger partial charge in [0.25, 0.3) is 5.91 Å². The number of pyridine rings is 1. The molecule has 0 bridgehead atoms. The van der Waals surface area contributed by atoms with Crippen LogP contribution in [0.3, 0.4) is 0 Å². The molecule has 8 nitrogen and oxygen atoms in total. The quantitative estimate of drug-likeness (QED) is 0.741. The van der Waals surface area contributed by atoms with Crippen molar-refractivity contribution in [2.75, 3.05) is 40.3 Å². The topological polar surface area (TPSA) is 76.4 Å². The van der Waals surface area contributed by atoms with Gasteiger partial charge < -0.3 is 14.5 Å². The first-order valence-corrected chi connectivity index (χ1v) is 8.51. The molecule has 1 fully saturated rings. The lowest BCUT2D eigenvalue weighted by Gasteiger charge is -2.26. The Morgan fingerprint density at radius 2 is 2.08 bits per heavy atom. The van der Waals surface area contributed by atoms with Gasteiger partial charge in [-0.15, -0.1) is 10.2 Å². The van der Waals surface area contributed by atoms with Gasteiger partial charge in [-0.2, -0.15) is 0 Å². The minimum absolute atomic E-state index is 0.0766. The number of aromatic nitrogens is 4. The lowest BCUT2D eigenvalue weighted by atomic mass is 10.2. The molecule has 0 saturated carbocycles. The van der Waals surface area contributed by atoms with Gasteiger partial charge in [0.1, 0.15) is 24.2 Å². The molecule has 134 valence electrons. The highest BCUT2D eigenvalue weighted by atomic mass is 16.5. The molecule has 2 aromatic rings. The monoisotopic (exact) mass is 344 g/mol. The van der Waals surface area contributed by atoms with Gasteiger partial charge in [-0.3, -0.25) is 9.36 Å². The maximum Gasteiger partial charge on any atom is 0.272 e. The van der Waals surface area contributed by atoms with Crippen LogP contribution in [-0.4, -0.2) is 81.9 Å². The lowest BCUT2D eigenvalue weighted by Crippen LogP contribution is -2.41. The predicted octanol–water partition coefficient (Wildman–Crippen LogP) is 0.845. The zero-order valence-electron chi connectivity index (χ0n) is 14.7. The minimum Gasteiger partial charge on any atom is -0.376 e. The van der Waals surface area contributed by atoms with E-state index in [1.165, 1.54) is 0 Å². The normalized spacial score (nSPS) is 17.2. The van der Waals surface area contributed by atoms with E-state index in [1.54, 1.807) is 23.3 Å². The average molecular weight is 344 g/mol. The highest BCUT2D eigenvalue weighted by molar-refractivity contribution is 5.92. The molecule has 2 aromatic heterocycles. The largest absolute Gasteiger partial charge is 0.376 e. The van der Waals surface area contributed by atoms with Crippen LogP contribution in [0.4, 0.5) is 0 Å². The van der Waals surface area contributed by atoms with Gasteiger partial charge in [0, 0.05) is 26.2 Å². The molecule has 0 spiro atoms. The molecule has 1 amide bonds. The molecule has 1 aliphatic rings. The summed E-state index contributed by atoms with van der Waals surface area (Å²) in [6.07, 6.45) is 5.30. The summed E-state index contributed by atoms with van der Waals surface area (Å²) in [5.74, 6) is 0.549. The summed E-state index contributed by atoms with van der Waals surface area (Å²) in [5.41, 5.74) is 0.419. The first-order valence-electron chi connectivity index (χ1n) is 8.51. The van der Waals surface area contributed by atoms with E-state index in [0.717, 1.165) is 26.0 Å². The van der Waals surface area contributed by atoms with Crippen LogP contribution in [0.2, 0.25) is 0 Å². The minimum atomic E-state index is -0.0766. The van der Waals surface area contributed by atoms with Crippen molar-refractivity contribution in [1.82, 2.24) is 29.5 Å². The zero-order valence-corrected chi connectivity index (χ0v) is 14.7. The van der Waals surface area contributed by atoms with E-state index in [1.807, 2.05) is 31.1 Å². The van der Waals surface area contributed by atoms with Gasteiger partial charge in [0.15, 0.2) is 0 Å². The standard InChI is InChI=1S/C17H24N6O2/c1-21(2)8-9-22(11-14-5-4-10-25-14)17(24)15-6-3-7-16(20-15)23-12-18-19-13-23/h3,6-7,12-14H,4-5,8-11H2,1-2H3. The summed E-state index contributed by atoms with van der Waals surface area (Å²) in [6, 6.07) is 5.39. The van der Waals surface area contributed by atoms with Crippen molar-refractivity contribution in [1.29, 1.82) is 0 Å². The van der Waals surface area contributed by atoms with E-state index in [2.05, 4.69) is 20.1 Å². The third-order valence-electron chi connectivity index (χ3n) is 4.19. The van der Waals surface area contributed by atoms with Gasteiger partial charge >= 0.3 is 0 Å². The van der Waals surface area contributed by atoms with Crippen molar-refractivity contribution >= 4 is 5.91 Å². The van der Waals surface area contributed by atoms with Crippen LogP contribution < -0.4 is 0 Å². The van der Waals surface area contributed by atoms with E-state index < -0.39 is 0 Å². The molecule has 0 aliphatic carbocycles. The van der Waals surface area contributed by atoms with Crippen LogP contribution in [0.15, 0.2) is 30.9 Å². The highest BCUT2D eigenvalue weighted by Crippen LogP contribution is 2.15. The number of hydrogen-bond donors (Lipinski definition) is 0. The Kier molecular flexibility index (Phi) is 5.72. The average Bonchev–Trinajstić information content (AvgIpc) is 3.31. The molecular weight excluding hydrogens is 320 g/mol. The Morgan fingerprint density at radius 1 is 1.28 bits per heavy atom. The van der Waals surface area contributed by atoms with E-state index in [0.29, 0.717) is 24.6 Å². The summed E-state index contributed by atoms with van der Waals surface area (Å²) >= 11 is 0. The molecule has 3 rings (SSSR count). The van der Waals surface area contributed by atoms with Crippen LogP contribution >= 0.6 is 0 Å². The van der Waals surface area contributed by atoms with Crippen LogP contribution in [0.5, 0.6) is 0 Å². The number of ether oxygens (including phenoxy) is 1. The molecule has 3 heterocycles. The predicted molar refractivity (Wildman–Crippen MR) is 92.6 cm³/mol. The summed E-state index contributed by atoms with van der Waals surface area (Å²) in [5, 5.41) is 7.56. The van der Waals surface area contributed by atoms with Gasteiger partial charge in [0.2, 0.25) is 0 Å². The van der Waals surface area contributed by atoms with Gasteiger partial charge in [-0.1, -0.05) is 6.07 Å². The van der Waals surface area contributed by atoms with E-state index >= 15 is 0 Å². The SMILES string of the molecule is CN(C)CCN(CC1CCCO1)C(=O)c1cccc(-n2cnnc2)n1. The molecule has 1 saturated heterocycles. The van der Waals surface area contributed by atoms with Gasteiger partial charge in [0.05, 0.1) is 6.10 Å². The molecule has 25 heavy (non-hydrogen) atoms. The molecule has 8 heteroatoms. The lowest BCUT2D eigenvalue weighted by molar-refractivity contribution is 0.0508. The van der Waals surface area contributed by atoms with E-state index in [-0.39, 0.29) is 12.0 Å². The molecule has 0 aromatic carbocycles. The highest BCUT2D eigenvalue weighted by Gasteiger charge is 2.24. The molecule has 0 radical (unpaired) electrons. The Hall–Kier alpha value is -2.32. The van der Waals surface area contributed by atoms with Crippen LogP contribution in [0, 0.1) is 0 Å². The number of carbonyl (C=O) groups excluding carboxylic acids is 1. The number of likely N-dealkylation sites (N-methyl/N-ethyl adjacent to an activating group) is 1. The summed E-state index contributed by atoms with van der Waals surface area (Å²) in [4.78, 5) is 21.4. The number of rotatable bonds is 7. The Balaban J connectivity index is 1.77. The second-order valence-corrected chi connectivity index (χ2v) is 6.44. The molecule has 0 N–H and O–H groups in total. The summed E-state index contributed by atoms with van der Waals surface area (Å²) < 4.78 is 7.39. The second-order valence-electron chi connectivity index (χ2n) is 6.44. The molecule has 1 atom stereocenters. The maximum absolute atomic E-state index is 13.0. The Morgan fingerprint density at radius 3 is 2.76 bits per heavy atom. The summed E-state index contributed by atoms with van der Waals surface area (Å²) in [7, 11) is 4.00. The molecule has 1 aliphatic heterocycles. The van der Waals surface area contributed by atoms with Crippen molar-refractivity contribution in [3.63, 3.8) is 0 Å². The number of carbonyl (C=O) groups is 1. The molecule has 1 unspecified atom stereocenters. The number of hydrogen-bond acceptors (Lipinski definition) is 6. The van der Waals surface area contributed by atoms with Crippen molar-refractivity contribution in [3.05, 3.63) is 36.5 Å². The number of amides is 1. The molecular formula is C17H24N6O2. The Labute approximate surface area is 147 Å². The second kappa shape index (κ2) is 8.17. The van der Waals surface area contributed by atoms with Gasteiger partial charge in [-0.25, -0.2) is 4.98 Å². The summed E-state index contributed by atoms with van der Waals surface area (Å²) in [6.45, 7) is 2.82. The third kappa shape index (κ3) is 4.61. The van der Waals surface area contributed by atoms with E-state index in [4.69, 9.17) is 4.74 Å². The van der Waals surface area contributed by atoms with Crippen LogP contribution in [-0.2, 0) is 4.74 Å². The van der Waals surface area contributed by atoms with Crippen molar-refractivity contribution in [2.45, 2.75) is 18.9 Å². The van der Waals surface area contributed by atoms with E-state index in [9.17, 15) is 4.79 Å². The first kappa shape index (κ1) is 17.5.